The van der Waals surface area contributed by atoms with Crippen molar-refractivity contribution in [1.82, 2.24) is 5.32 Å². The number of benzene rings is 1. The van der Waals surface area contributed by atoms with Gasteiger partial charge in [-0.15, -0.1) is 0 Å². The Morgan fingerprint density at radius 1 is 1.14 bits per heavy atom. The van der Waals surface area contributed by atoms with Crippen LogP contribution in [0.5, 0.6) is 11.5 Å². The summed E-state index contributed by atoms with van der Waals surface area (Å²) in [5, 5.41) is 3.11. The van der Waals surface area contributed by atoms with E-state index in [2.05, 4.69) is 19.2 Å². The molecule has 1 aromatic rings. The summed E-state index contributed by atoms with van der Waals surface area (Å²) in [6, 6.07) is 5.59. The Bertz CT molecular complexity index is 505. The molecule has 0 atom stereocenters. The number of ether oxygens (including phenoxy) is 2. The zero-order valence-corrected chi connectivity index (χ0v) is 13.4. The van der Waals surface area contributed by atoms with Gasteiger partial charge in [-0.3, -0.25) is 4.79 Å². The Kier molecular flexibility index (Phi) is 4.76. The van der Waals surface area contributed by atoms with Gasteiger partial charge >= 0.3 is 0 Å². The molecule has 0 aliphatic carbocycles. The molecule has 1 aliphatic rings. The second-order valence-electron chi connectivity index (χ2n) is 6.01. The molecule has 0 unspecified atom stereocenters. The summed E-state index contributed by atoms with van der Waals surface area (Å²) >= 11 is 0. The zero-order valence-electron chi connectivity index (χ0n) is 13.4. The van der Waals surface area contributed by atoms with Crippen LogP contribution >= 0.6 is 0 Å². The minimum absolute atomic E-state index is 0.0435. The number of fused-ring (bicyclic) bond motifs is 1. The molecule has 1 heterocycles. The van der Waals surface area contributed by atoms with Crippen LogP contribution in [0.15, 0.2) is 18.2 Å². The summed E-state index contributed by atoms with van der Waals surface area (Å²) in [6.45, 7) is 7.98. The number of hydrogen-bond acceptors (Lipinski definition) is 3. The van der Waals surface area contributed by atoms with Crippen molar-refractivity contribution in [1.29, 1.82) is 0 Å². The normalized spacial score (nSPS) is 15.3. The van der Waals surface area contributed by atoms with E-state index in [1.54, 1.807) is 18.2 Å². The Balaban J connectivity index is 2.07. The number of carbonyl (C=O) groups excluding carboxylic acids is 1. The molecular formula is C17H25NO3. The van der Waals surface area contributed by atoms with Gasteiger partial charge in [0.05, 0.1) is 0 Å². The number of carbonyl (C=O) groups is 1. The first kappa shape index (κ1) is 15.7. The Morgan fingerprint density at radius 3 is 2.38 bits per heavy atom. The molecular weight excluding hydrogens is 266 g/mol. The predicted octanol–water partition coefficient (Wildman–Crippen LogP) is 3.89. The lowest BCUT2D eigenvalue weighted by molar-refractivity contribution is -0.0431. The van der Waals surface area contributed by atoms with Gasteiger partial charge in [0.1, 0.15) is 0 Å². The van der Waals surface area contributed by atoms with E-state index in [0.29, 0.717) is 17.1 Å². The van der Waals surface area contributed by atoms with Crippen LogP contribution in [-0.4, -0.2) is 17.7 Å². The molecule has 116 valence electrons. The van der Waals surface area contributed by atoms with Crippen molar-refractivity contribution in [2.24, 2.45) is 0 Å². The molecule has 1 amide bonds. The first-order chi connectivity index (χ1) is 9.95. The summed E-state index contributed by atoms with van der Waals surface area (Å²) in [5.41, 5.74) is 0.618. The SMILES string of the molecule is CCCC(CCC)NC(=O)c1ccc2c(c1)OC(C)(C)O2. The average molecular weight is 291 g/mol. The standard InChI is InChI=1S/C17H25NO3/c1-5-7-13(8-6-2)18-16(19)12-9-10-14-15(11-12)21-17(3,4)20-14/h9-11,13H,5-8H2,1-4H3,(H,18,19). The molecule has 0 fully saturated rings. The fourth-order valence-corrected chi connectivity index (χ4v) is 2.62. The lowest BCUT2D eigenvalue weighted by Crippen LogP contribution is -2.34. The highest BCUT2D eigenvalue weighted by molar-refractivity contribution is 5.95. The molecule has 0 saturated heterocycles. The van der Waals surface area contributed by atoms with Crippen LogP contribution in [-0.2, 0) is 0 Å². The maximum Gasteiger partial charge on any atom is 0.251 e. The highest BCUT2D eigenvalue weighted by atomic mass is 16.7. The maximum absolute atomic E-state index is 12.4. The van der Waals surface area contributed by atoms with Crippen molar-refractivity contribution in [2.75, 3.05) is 0 Å². The monoisotopic (exact) mass is 291 g/mol. The van der Waals surface area contributed by atoms with E-state index < -0.39 is 5.79 Å². The van der Waals surface area contributed by atoms with Crippen molar-refractivity contribution in [3.63, 3.8) is 0 Å². The van der Waals surface area contributed by atoms with Crippen molar-refractivity contribution < 1.29 is 14.3 Å². The van der Waals surface area contributed by atoms with Gasteiger partial charge < -0.3 is 14.8 Å². The molecule has 1 aliphatic heterocycles. The van der Waals surface area contributed by atoms with Gasteiger partial charge in [-0.05, 0) is 31.0 Å². The Hall–Kier alpha value is -1.71. The van der Waals surface area contributed by atoms with Gasteiger partial charge in [0.2, 0.25) is 5.79 Å². The van der Waals surface area contributed by atoms with E-state index in [9.17, 15) is 4.79 Å². The third kappa shape index (κ3) is 3.90. The smallest absolute Gasteiger partial charge is 0.251 e. The highest BCUT2D eigenvalue weighted by Crippen LogP contribution is 2.39. The van der Waals surface area contributed by atoms with Gasteiger partial charge in [-0.1, -0.05) is 26.7 Å². The Morgan fingerprint density at radius 2 is 1.76 bits per heavy atom. The highest BCUT2D eigenvalue weighted by Gasteiger charge is 2.32. The van der Waals surface area contributed by atoms with Crippen LogP contribution in [0.25, 0.3) is 0 Å². The summed E-state index contributed by atoms with van der Waals surface area (Å²) in [6.07, 6.45) is 4.16. The topological polar surface area (TPSA) is 47.6 Å². The molecule has 4 heteroatoms. The van der Waals surface area contributed by atoms with E-state index in [1.165, 1.54) is 0 Å². The molecule has 0 aromatic heterocycles. The largest absolute Gasteiger partial charge is 0.449 e. The van der Waals surface area contributed by atoms with Gasteiger partial charge in [-0.2, -0.15) is 0 Å². The van der Waals surface area contributed by atoms with Gasteiger partial charge in [0.15, 0.2) is 11.5 Å². The lowest BCUT2D eigenvalue weighted by Gasteiger charge is -2.17. The first-order valence-corrected chi connectivity index (χ1v) is 7.78. The van der Waals surface area contributed by atoms with Crippen molar-refractivity contribution in [2.45, 2.75) is 65.2 Å². The molecule has 0 saturated carbocycles. The van der Waals surface area contributed by atoms with Crippen molar-refractivity contribution >= 4 is 5.91 Å². The minimum atomic E-state index is -0.662. The fourth-order valence-electron chi connectivity index (χ4n) is 2.62. The quantitative estimate of drug-likeness (QED) is 0.865. The molecule has 21 heavy (non-hydrogen) atoms. The number of nitrogens with one attached hydrogen (secondary N) is 1. The van der Waals surface area contributed by atoms with Gasteiger partial charge in [-0.25, -0.2) is 0 Å². The van der Waals surface area contributed by atoms with Crippen LogP contribution < -0.4 is 14.8 Å². The molecule has 4 nitrogen and oxygen atoms in total. The molecule has 0 spiro atoms. The van der Waals surface area contributed by atoms with Crippen LogP contribution in [0.1, 0.15) is 63.7 Å². The van der Waals surface area contributed by atoms with Crippen LogP contribution in [0.3, 0.4) is 0 Å². The predicted molar refractivity (Wildman–Crippen MR) is 82.8 cm³/mol. The molecule has 2 rings (SSSR count). The third-order valence-corrected chi connectivity index (χ3v) is 3.53. The van der Waals surface area contributed by atoms with E-state index in [-0.39, 0.29) is 11.9 Å². The molecule has 1 aromatic carbocycles. The van der Waals surface area contributed by atoms with E-state index in [0.717, 1.165) is 25.7 Å². The summed E-state index contributed by atoms with van der Waals surface area (Å²) < 4.78 is 11.3. The number of rotatable bonds is 6. The molecule has 1 N–H and O–H groups in total. The third-order valence-electron chi connectivity index (χ3n) is 3.53. The first-order valence-electron chi connectivity index (χ1n) is 7.78. The minimum Gasteiger partial charge on any atom is -0.449 e. The van der Waals surface area contributed by atoms with Gasteiger partial charge in [0, 0.05) is 25.5 Å². The second kappa shape index (κ2) is 6.37. The van der Waals surface area contributed by atoms with Crippen LogP contribution in [0, 0.1) is 0 Å². The van der Waals surface area contributed by atoms with Gasteiger partial charge in [0.25, 0.3) is 5.91 Å². The van der Waals surface area contributed by atoms with E-state index >= 15 is 0 Å². The van der Waals surface area contributed by atoms with E-state index in [4.69, 9.17) is 9.47 Å². The van der Waals surface area contributed by atoms with E-state index in [1.807, 2.05) is 13.8 Å². The fraction of sp³-hybridized carbons (Fsp3) is 0.588. The number of hydrogen-bond donors (Lipinski definition) is 1. The Labute approximate surface area is 126 Å². The van der Waals surface area contributed by atoms with Crippen molar-refractivity contribution in [3.05, 3.63) is 23.8 Å². The number of amides is 1. The lowest BCUT2D eigenvalue weighted by atomic mass is 10.1. The summed E-state index contributed by atoms with van der Waals surface area (Å²) in [7, 11) is 0. The second-order valence-corrected chi connectivity index (χ2v) is 6.01. The summed E-state index contributed by atoms with van der Waals surface area (Å²) in [5.74, 6) is 0.619. The molecule has 0 radical (unpaired) electrons. The summed E-state index contributed by atoms with van der Waals surface area (Å²) in [4.78, 5) is 12.4. The average Bonchev–Trinajstić information content (AvgIpc) is 2.71. The van der Waals surface area contributed by atoms with Crippen molar-refractivity contribution in [3.8, 4) is 11.5 Å². The van der Waals surface area contributed by atoms with Crippen LogP contribution in [0.2, 0.25) is 0 Å². The maximum atomic E-state index is 12.4. The van der Waals surface area contributed by atoms with Crippen LogP contribution in [0.4, 0.5) is 0 Å². The zero-order chi connectivity index (χ0) is 15.5. The molecule has 0 bridgehead atoms.